The molecule has 96 valence electrons. The van der Waals surface area contributed by atoms with Gasteiger partial charge in [-0.1, -0.05) is 0 Å². The monoisotopic (exact) mass is 251 g/mol. The van der Waals surface area contributed by atoms with E-state index in [0.29, 0.717) is 25.6 Å². The van der Waals surface area contributed by atoms with Gasteiger partial charge in [-0.25, -0.2) is 8.78 Å². The molecule has 1 aliphatic rings. The molecule has 1 saturated heterocycles. The zero-order valence-electron chi connectivity index (χ0n) is 10.00. The fourth-order valence-corrected chi connectivity index (χ4v) is 2.32. The van der Waals surface area contributed by atoms with E-state index >= 15 is 0 Å². The van der Waals surface area contributed by atoms with Crippen LogP contribution in [-0.2, 0) is 0 Å². The van der Waals surface area contributed by atoms with Crippen molar-refractivity contribution in [2.75, 3.05) is 24.5 Å². The summed E-state index contributed by atoms with van der Waals surface area (Å²) < 4.78 is 27.6. The van der Waals surface area contributed by atoms with Crippen LogP contribution in [0.2, 0.25) is 0 Å². The van der Waals surface area contributed by atoms with Gasteiger partial charge in [-0.15, -0.1) is 0 Å². The molecule has 0 saturated carbocycles. The summed E-state index contributed by atoms with van der Waals surface area (Å²) in [6.45, 7) is 1.81. The van der Waals surface area contributed by atoms with Crippen LogP contribution in [0.3, 0.4) is 0 Å². The zero-order valence-corrected chi connectivity index (χ0v) is 10.00. The minimum Gasteiger partial charge on any atom is -0.367 e. The van der Waals surface area contributed by atoms with Crippen LogP contribution in [0.4, 0.5) is 14.5 Å². The van der Waals surface area contributed by atoms with Gasteiger partial charge in [-0.3, -0.25) is 0 Å². The predicted molar refractivity (Wildman–Crippen MR) is 65.1 cm³/mol. The summed E-state index contributed by atoms with van der Waals surface area (Å²) in [6, 6.07) is 3.89. The lowest BCUT2D eigenvalue weighted by atomic mass is 9.96. The van der Waals surface area contributed by atoms with Gasteiger partial charge in [0.15, 0.2) is 11.6 Å². The largest absolute Gasteiger partial charge is 0.367 e. The van der Waals surface area contributed by atoms with Gasteiger partial charge in [0, 0.05) is 13.1 Å². The van der Waals surface area contributed by atoms with E-state index in [9.17, 15) is 8.78 Å². The van der Waals surface area contributed by atoms with Gasteiger partial charge in [0.25, 0.3) is 0 Å². The number of piperidine rings is 1. The number of nitriles is 1. The number of nitrogens with zero attached hydrogens (tertiary/aromatic N) is 2. The summed E-state index contributed by atoms with van der Waals surface area (Å²) in [6.07, 6.45) is 1.69. The quantitative estimate of drug-likeness (QED) is 0.874. The van der Waals surface area contributed by atoms with E-state index in [2.05, 4.69) is 0 Å². The summed E-state index contributed by atoms with van der Waals surface area (Å²) in [4.78, 5) is 1.69. The minimum absolute atomic E-state index is 0.00518. The summed E-state index contributed by atoms with van der Waals surface area (Å²) >= 11 is 0. The molecule has 0 aromatic heterocycles. The van der Waals surface area contributed by atoms with E-state index in [1.807, 2.05) is 0 Å². The lowest BCUT2D eigenvalue weighted by Crippen LogP contribution is -2.37. The molecule has 1 aromatic rings. The van der Waals surface area contributed by atoms with Crippen LogP contribution < -0.4 is 10.6 Å². The second-order valence-corrected chi connectivity index (χ2v) is 4.57. The fourth-order valence-electron chi connectivity index (χ4n) is 2.32. The Kier molecular flexibility index (Phi) is 3.78. The number of halogens is 2. The first-order valence-electron chi connectivity index (χ1n) is 6.00. The van der Waals surface area contributed by atoms with Crippen LogP contribution in [0.1, 0.15) is 18.4 Å². The molecule has 0 atom stereocenters. The first-order chi connectivity index (χ1) is 8.65. The third-order valence-electron chi connectivity index (χ3n) is 3.41. The summed E-state index contributed by atoms with van der Waals surface area (Å²) in [7, 11) is 0. The van der Waals surface area contributed by atoms with E-state index in [4.69, 9.17) is 11.0 Å². The topological polar surface area (TPSA) is 53.0 Å². The normalized spacial score (nSPS) is 16.7. The first kappa shape index (κ1) is 12.8. The fraction of sp³-hybridized carbons (Fsp3) is 0.462. The Bertz CT molecular complexity index is 451. The molecule has 0 aliphatic carbocycles. The molecule has 1 aromatic carbocycles. The SMILES string of the molecule is N#Cc1cc(F)c(N2CCC(CN)CC2)c(F)c1. The van der Waals surface area contributed by atoms with Crippen molar-refractivity contribution in [3.8, 4) is 6.07 Å². The molecule has 18 heavy (non-hydrogen) atoms. The summed E-state index contributed by atoms with van der Waals surface area (Å²) in [5, 5.41) is 8.64. The third kappa shape index (κ3) is 2.44. The lowest BCUT2D eigenvalue weighted by Gasteiger charge is -2.33. The number of nitrogens with two attached hydrogens (primary N) is 1. The third-order valence-corrected chi connectivity index (χ3v) is 3.41. The maximum Gasteiger partial charge on any atom is 0.150 e. The Labute approximate surface area is 105 Å². The number of anilines is 1. The second-order valence-electron chi connectivity index (χ2n) is 4.57. The van der Waals surface area contributed by atoms with E-state index in [1.165, 1.54) is 0 Å². The average molecular weight is 251 g/mol. The minimum atomic E-state index is -0.669. The molecule has 5 heteroatoms. The van der Waals surface area contributed by atoms with Crippen molar-refractivity contribution in [2.24, 2.45) is 11.7 Å². The van der Waals surface area contributed by atoms with Crippen molar-refractivity contribution in [3.05, 3.63) is 29.3 Å². The highest BCUT2D eigenvalue weighted by Gasteiger charge is 2.23. The van der Waals surface area contributed by atoms with Gasteiger partial charge in [0.05, 0.1) is 11.6 Å². The van der Waals surface area contributed by atoms with E-state index < -0.39 is 11.6 Å². The van der Waals surface area contributed by atoms with Crippen molar-refractivity contribution >= 4 is 5.69 Å². The maximum atomic E-state index is 13.8. The molecule has 2 rings (SSSR count). The Morgan fingerprint density at radius 3 is 2.28 bits per heavy atom. The number of hydrogen-bond acceptors (Lipinski definition) is 3. The molecule has 1 heterocycles. The predicted octanol–water partition coefficient (Wildman–Crippen LogP) is 2.01. The van der Waals surface area contributed by atoms with E-state index in [0.717, 1.165) is 25.0 Å². The van der Waals surface area contributed by atoms with Gasteiger partial charge in [-0.05, 0) is 37.4 Å². The molecule has 0 unspecified atom stereocenters. The number of rotatable bonds is 2. The highest BCUT2D eigenvalue weighted by Crippen LogP contribution is 2.28. The Hall–Kier alpha value is -1.67. The molecular formula is C13H15F2N3. The second kappa shape index (κ2) is 5.32. The highest BCUT2D eigenvalue weighted by molar-refractivity contribution is 5.52. The Morgan fingerprint density at radius 2 is 1.83 bits per heavy atom. The van der Waals surface area contributed by atoms with E-state index in [1.54, 1.807) is 11.0 Å². The van der Waals surface area contributed by atoms with Gasteiger partial charge in [0.2, 0.25) is 0 Å². The summed E-state index contributed by atoms with van der Waals surface area (Å²) in [5.41, 5.74) is 5.56. The van der Waals surface area contributed by atoms with Crippen molar-refractivity contribution in [2.45, 2.75) is 12.8 Å². The maximum absolute atomic E-state index is 13.8. The van der Waals surface area contributed by atoms with Crippen molar-refractivity contribution in [3.63, 3.8) is 0 Å². The molecule has 0 radical (unpaired) electrons. The molecule has 1 aliphatic heterocycles. The Morgan fingerprint density at radius 1 is 1.28 bits per heavy atom. The van der Waals surface area contributed by atoms with Crippen LogP contribution in [0, 0.1) is 28.9 Å². The van der Waals surface area contributed by atoms with Gasteiger partial charge in [-0.2, -0.15) is 5.26 Å². The lowest BCUT2D eigenvalue weighted by molar-refractivity contribution is 0.408. The zero-order chi connectivity index (χ0) is 13.1. The first-order valence-corrected chi connectivity index (χ1v) is 6.00. The molecular weight excluding hydrogens is 236 g/mol. The van der Waals surface area contributed by atoms with Gasteiger partial charge < -0.3 is 10.6 Å². The van der Waals surface area contributed by atoms with E-state index in [-0.39, 0.29) is 11.3 Å². The van der Waals surface area contributed by atoms with Crippen LogP contribution >= 0.6 is 0 Å². The Balaban J connectivity index is 2.22. The van der Waals surface area contributed by atoms with Crippen LogP contribution in [-0.4, -0.2) is 19.6 Å². The van der Waals surface area contributed by atoms with Crippen molar-refractivity contribution in [1.82, 2.24) is 0 Å². The molecule has 3 nitrogen and oxygen atoms in total. The molecule has 2 N–H and O–H groups in total. The number of benzene rings is 1. The van der Waals surface area contributed by atoms with Crippen molar-refractivity contribution < 1.29 is 8.78 Å². The van der Waals surface area contributed by atoms with Gasteiger partial charge >= 0.3 is 0 Å². The van der Waals surface area contributed by atoms with Crippen LogP contribution in [0.5, 0.6) is 0 Å². The van der Waals surface area contributed by atoms with Gasteiger partial charge in [0.1, 0.15) is 5.69 Å². The summed E-state index contributed by atoms with van der Waals surface area (Å²) in [5.74, 6) is -0.902. The van der Waals surface area contributed by atoms with Crippen LogP contribution in [0.15, 0.2) is 12.1 Å². The standard InChI is InChI=1S/C13H15F2N3/c14-11-5-10(8-17)6-12(15)13(11)18-3-1-9(7-16)2-4-18/h5-6,9H,1-4,7,16H2. The molecule has 1 fully saturated rings. The molecule has 0 bridgehead atoms. The molecule has 0 amide bonds. The smallest absolute Gasteiger partial charge is 0.150 e. The van der Waals surface area contributed by atoms with Crippen molar-refractivity contribution in [1.29, 1.82) is 5.26 Å². The molecule has 0 spiro atoms. The highest BCUT2D eigenvalue weighted by atomic mass is 19.1. The van der Waals surface area contributed by atoms with Crippen LogP contribution in [0.25, 0.3) is 0 Å². The number of hydrogen-bond donors (Lipinski definition) is 1. The average Bonchev–Trinajstić information content (AvgIpc) is 2.38.